The van der Waals surface area contributed by atoms with E-state index in [0.29, 0.717) is 6.04 Å². The Morgan fingerprint density at radius 1 is 1.28 bits per heavy atom. The summed E-state index contributed by atoms with van der Waals surface area (Å²) in [6.45, 7) is 1.18. The van der Waals surface area contributed by atoms with E-state index in [4.69, 9.17) is 0 Å². The lowest BCUT2D eigenvalue weighted by Gasteiger charge is -2.27. The van der Waals surface area contributed by atoms with Crippen LogP contribution in [0, 0.1) is 0 Å². The second-order valence-corrected chi connectivity index (χ2v) is 6.09. The zero-order valence-corrected chi connectivity index (χ0v) is 12.3. The summed E-state index contributed by atoms with van der Waals surface area (Å²) in [5.74, 6) is 1.24. The predicted octanol–water partition coefficient (Wildman–Crippen LogP) is 3.11. The summed E-state index contributed by atoms with van der Waals surface area (Å²) in [5, 5.41) is 1.11. The highest BCUT2D eigenvalue weighted by molar-refractivity contribution is 9.09. The highest BCUT2D eigenvalue weighted by Gasteiger charge is 2.29. The van der Waals surface area contributed by atoms with E-state index >= 15 is 0 Å². The average Bonchev–Trinajstić information content (AvgIpc) is 3.04. The van der Waals surface area contributed by atoms with Crippen LogP contribution in [0.5, 0.6) is 0 Å². The van der Waals surface area contributed by atoms with E-state index in [1.165, 1.54) is 62.1 Å². The van der Waals surface area contributed by atoms with Crippen LogP contribution in [-0.2, 0) is 12.8 Å². The molecule has 1 aliphatic carbocycles. The minimum atomic E-state index is 0.696. The Labute approximate surface area is 117 Å². The fourth-order valence-corrected chi connectivity index (χ4v) is 3.64. The van der Waals surface area contributed by atoms with Gasteiger partial charge in [0.2, 0.25) is 0 Å². The van der Waals surface area contributed by atoms with Crippen molar-refractivity contribution in [3.63, 3.8) is 0 Å². The molecule has 1 fully saturated rings. The fourth-order valence-electron chi connectivity index (χ4n) is 3.32. The molecule has 0 N–H and O–H groups in total. The lowest BCUT2D eigenvalue weighted by Crippen LogP contribution is -2.31. The van der Waals surface area contributed by atoms with Crippen molar-refractivity contribution in [1.82, 2.24) is 9.97 Å². The first-order valence-electron chi connectivity index (χ1n) is 7.05. The number of nitrogens with zero attached hydrogens (tertiary/aromatic N) is 3. The molecule has 3 nitrogen and oxygen atoms in total. The van der Waals surface area contributed by atoms with Crippen LogP contribution < -0.4 is 4.90 Å². The van der Waals surface area contributed by atoms with Crippen LogP contribution in [0.25, 0.3) is 0 Å². The average molecular weight is 310 g/mol. The topological polar surface area (TPSA) is 29.0 Å². The largest absolute Gasteiger partial charge is 0.353 e. The Hall–Kier alpha value is -0.640. The first-order chi connectivity index (χ1) is 8.90. The molecule has 1 aliphatic heterocycles. The van der Waals surface area contributed by atoms with E-state index < -0.39 is 0 Å². The molecule has 18 heavy (non-hydrogen) atoms. The van der Waals surface area contributed by atoms with Crippen LogP contribution in [-0.4, -0.2) is 27.9 Å². The smallest absolute Gasteiger partial charge is 0.135 e. The Morgan fingerprint density at radius 3 is 3.11 bits per heavy atom. The van der Waals surface area contributed by atoms with E-state index in [0.717, 1.165) is 11.8 Å². The summed E-state index contributed by atoms with van der Waals surface area (Å²) in [5.41, 5.74) is 2.73. The zero-order valence-electron chi connectivity index (χ0n) is 10.7. The normalized spacial score (nSPS) is 22.5. The number of alkyl halides is 1. The van der Waals surface area contributed by atoms with Crippen LogP contribution in [0.2, 0.25) is 0 Å². The highest BCUT2D eigenvalue weighted by atomic mass is 79.9. The molecule has 4 heteroatoms. The summed E-state index contributed by atoms with van der Waals surface area (Å²) in [6, 6.07) is 0.696. The van der Waals surface area contributed by atoms with Crippen molar-refractivity contribution in [3.05, 3.63) is 17.6 Å². The first kappa shape index (κ1) is 12.4. The van der Waals surface area contributed by atoms with Crippen molar-refractivity contribution in [2.24, 2.45) is 0 Å². The quantitative estimate of drug-likeness (QED) is 0.800. The first-order valence-corrected chi connectivity index (χ1v) is 8.17. The van der Waals surface area contributed by atoms with Crippen LogP contribution >= 0.6 is 15.9 Å². The summed E-state index contributed by atoms with van der Waals surface area (Å²) in [6.07, 6.45) is 10.5. The molecule has 2 aliphatic rings. The maximum absolute atomic E-state index is 4.59. The summed E-state index contributed by atoms with van der Waals surface area (Å²) >= 11 is 3.54. The summed E-state index contributed by atoms with van der Waals surface area (Å²) in [4.78, 5) is 11.6. The second kappa shape index (κ2) is 5.55. The Balaban J connectivity index is 1.83. The lowest BCUT2D eigenvalue weighted by molar-refractivity contribution is 0.598. The third-order valence-corrected chi connectivity index (χ3v) is 4.73. The molecule has 0 aromatic carbocycles. The van der Waals surface area contributed by atoms with Gasteiger partial charge >= 0.3 is 0 Å². The van der Waals surface area contributed by atoms with Gasteiger partial charge in [-0.15, -0.1) is 0 Å². The maximum Gasteiger partial charge on any atom is 0.135 e. The van der Waals surface area contributed by atoms with Crippen LogP contribution in [0.1, 0.15) is 43.4 Å². The Bertz CT molecular complexity index is 422. The van der Waals surface area contributed by atoms with Crippen molar-refractivity contribution in [2.45, 2.75) is 51.0 Å². The molecule has 0 spiro atoms. The van der Waals surface area contributed by atoms with Crippen molar-refractivity contribution < 1.29 is 0 Å². The van der Waals surface area contributed by atoms with Gasteiger partial charge in [-0.2, -0.15) is 0 Å². The van der Waals surface area contributed by atoms with Crippen LogP contribution in [0.4, 0.5) is 5.82 Å². The zero-order chi connectivity index (χ0) is 12.4. The van der Waals surface area contributed by atoms with Gasteiger partial charge in [0.15, 0.2) is 0 Å². The number of anilines is 1. The number of fused-ring (bicyclic) bond motifs is 1. The predicted molar refractivity (Wildman–Crippen MR) is 77.5 cm³/mol. The van der Waals surface area contributed by atoms with Crippen LogP contribution in [0.3, 0.4) is 0 Å². The maximum atomic E-state index is 4.59. The number of hydrogen-bond acceptors (Lipinski definition) is 3. The Kier molecular flexibility index (Phi) is 3.83. The van der Waals surface area contributed by atoms with Gasteiger partial charge in [0, 0.05) is 29.2 Å². The summed E-state index contributed by atoms with van der Waals surface area (Å²) < 4.78 is 0. The molecule has 1 atom stereocenters. The van der Waals surface area contributed by atoms with E-state index in [1.807, 2.05) is 0 Å². The molecule has 0 amide bonds. The number of aromatic nitrogens is 2. The third-order valence-electron chi connectivity index (χ3n) is 4.17. The minimum absolute atomic E-state index is 0.696. The van der Waals surface area contributed by atoms with E-state index in [-0.39, 0.29) is 0 Å². The van der Waals surface area contributed by atoms with Gasteiger partial charge in [0.1, 0.15) is 12.1 Å². The SMILES string of the molecule is BrCCCC1CCCN1c1ncnc2c1CCC2. The lowest BCUT2D eigenvalue weighted by atomic mass is 10.1. The molecule has 0 saturated carbocycles. The van der Waals surface area contributed by atoms with Gasteiger partial charge in [-0.1, -0.05) is 15.9 Å². The van der Waals surface area contributed by atoms with Gasteiger partial charge in [0.25, 0.3) is 0 Å². The molecular weight excluding hydrogens is 290 g/mol. The molecule has 1 aromatic heterocycles. The van der Waals surface area contributed by atoms with Gasteiger partial charge in [0.05, 0.1) is 0 Å². The van der Waals surface area contributed by atoms with Gasteiger partial charge in [-0.25, -0.2) is 9.97 Å². The second-order valence-electron chi connectivity index (χ2n) is 5.30. The summed E-state index contributed by atoms with van der Waals surface area (Å²) in [7, 11) is 0. The molecular formula is C14H20BrN3. The van der Waals surface area contributed by atoms with Gasteiger partial charge in [-0.3, -0.25) is 0 Å². The number of aryl methyl sites for hydroxylation is 1. The van der Waals surface area contributed by atoms with Crippen molar-refractivity contribution >= 4 is 21.7 Å². The number of halogens is 1. The van der Waals surface area contributed by atoms with Crippen molar-refractivity contribution in [2.75, 3.05) is 16.8 Å². The molecule has 1 unspecified atom stereocenters. The van der Waals surface area contributed by atoms with Crippen molar-refractivity contribution in [1.29, 1.82) is 0 Å². The molecule has 0 radical (unpaired) electrons. The third kappa shape index (κ3) is 2.27. The molecule has 1 aromatic rings. The minimum Gasteiger partial charge on any atom is -0.353 e. The standard InChI is InChI=1S/C14H20BrN3/c15-8-2-4-11-5-3-9-18(11)14-12-6-1-7-13(12)16-10-17-14/h10-11H,1-9H2. The van der Waals surface area contributed by atoms with Gasteiger partial charge < -0.3 is 4.90 Å². The monoisotopic (exact) mass is 309 g/mol. The Morgan fingerprint density at radius 2 is 2.22 bits per heavy atom. The number of hydrogen-bond donors (Lipinski definition) is 0. The van der Waals surface area contributed by atoms with E-state index in [2.05, 4.69) is 30.8 Å². The fraction of sp³-hybridized carbons (Fsp3) is 0.714. The van der Waals surface area contributed by atoms with Crippen molar-refractivity contribution in [3.8, 4) is 0 Å². The molecule has 3 rings (SSSR count). The number of rotatable bonds is 4. The molecule has 1 saturated heterocycles. The molecule has 0 bridgehead atoms. The highest BCUT2D eigenvalue weighted by Crippen LogP contribution is 2.33. The molecule has 98 valence electrons. The van der Waals surface area contributed by atoms with E-state index in [1.54, 1.807) is 6.33 Å². The van der Waals surface area contributed by atoms with E-state index in [9.17, 15) is 0 Å². The molecule has 2 heterocycles. The van der Waals surface area contributed by atoms with Gasteiger partial charge in [-0.05, 0) is 44.9 Å². The van der Waals surface area contributed by atoms with Crippen LogP contribution in [0.15, 0.2) is 6.33 Å².